The molecule has 0 saturated heterocycles. The molecule has 1 fully saturated rings. The van der Waals surface area contributed by atoms with Crippen molar-refractivity contribution in [2.24, 2.45) is 23.5 Å². The normalized spacial score (nSPS) is 26.1. The van der Waals surface area contributed by atoms with Gasteiger partial charge in [-0.05, 0) is 63.6 Å². The molecular formula is C14H30N2. The van der Waals surface area contributed by atoms with Crippen molar-refractivity contribution in [2.45, 2.75) is 46.0 Å². The molecule has 0 bridgehead atoms. The van der Waals surface area contributed by atoms with Gasteiger partial charge in [0.25, 0.3) is 0 Å². The van der Waals surface area contributed by atoms with Crippen LogP contribution >= 0.6 is 0 Å². The zero-order valence-electron chi connectivity index (χ0n) is 11.4. The molecule has 0 spiro atoms. The first kappa shape index (κ1) is 14.0. The lowest BCUT2D eigenvalue weighted by Crippen LogP contribution is -2.23. The summed E-state index contributed by atoms with van der Waals surface area (Å²) in [4.78, 5) is 2.52. The molecule has 96 valence electrons. The molecule has 0 aromatic heterocycles. The number of hydrogen-bond acceptors (Lipinski definition) is 2. The largest absolute Gasteiger partial charge is 0.330 e. The number of hydrogen-bond donors (Lipinski definition) is 1. The predicted molar refractivity (Wildman–Crippen MR) is 71.5 cm³/mol. The van der Waals surface area contributed by atoms with E-state index in [1.54, 1.807) is 0 Å². The Bertz CT molecular complexity index is 182. The first-order valence-corrected chi connectivity index (χ1v) is 7.06. The summed E-state index contributed by atoms with van der Waals surface area (Å²) in [7, 11) is 2.27. The van der Waals surface area contributed by atoms with Crippen LogP contribution in [-0.2, 0) is 0 Å². The highest BCUT2D eigenvalue weighted by atomic mass is 15.1. The molecule has 3 unspecified atom stereocenters. The Hall–Kier alpha value is -0.0800. The van der Waals surface area contributed by atoms with E-state index in [1.807, 2.05) is 0 Å². The highest BCUT2D eigenvalue weighted by Crippen LogP contribution is 2.37. The van der Waals surface area contributed by atoms with Crippen LogP contribution in [0.4, 0.5) is 0 Å². The second-order valence-electron chi connectivity index (χ2n) is 5.73. The van der Waals surface area contributed by atoms with Crippen LogP contribution < -0.4 is 5.73 Å². The van der Waals surface area contributed by atoms with E-state index >= 15 is 0 Å². The van der Waals surface area contributed by atoms with E-state index in [-0.39, 0.29) is 0 Å². The number of rotatable bonds is 9. The molecule has 0 heterocycles. The van der Waals surface area contributed by atoms with Crippen molar-refractivity contribution in [3.8, 4) is 0 Å². The zero-order chi connectivity index (χ0) is 12.0. The van der Waals surface area contributed by atoms with Gasteiger partial charge in [0.05, 0.1) is 0 Å². The molecule has 0 amide bonds. The minimum absolute atomic E-state index is 0.855. The lowest BCUT2D eigenvalue weighted by atomic mass is 9.96. The minimum atomic E-state index is 0.855. The molecule has 0 aromatic carbocycles. The molecule has 2 N–H and O–H groups in total. The Morgan fingerprint density at radius 3 is 2.56 bits per heavy atom. The number of nitrogens with zero attached hydrogens (tertiary/aromatic N) is 1. The van der Waals surface area contributed by atoms with Gasteiger partial charge < -0.3 is 10.6 Å². The summed E-state index contributed by atoms with van der Waals surface area (Å²) in [5.41, 5.74) is 5.62. The summed E-state index contributed by atoms with van der Waals surface area (Å²) in [5.74, 6) is 2.84. The Kier molecular flexibility index (Phi) is 6.37. The van der Waals surface area contributed by atoms with E-state index in [2.05, 4.69) is 25.8 Å². The lowest BCUT2D eigenvalue weighted by molar-refractivity contribution is 0.292. The zero-order valence-corrected chi connectivity index (χ0v) is 11.4. The van der Waals surface area contributed by atoms with Gasteiger partial charge in [0.15, 0.2) is 0 Å². The van der Waals surface area contributed by atoms with Gasteiger partial charge in [-0.3, -0.25) is 0 Å². The highest BCUT2D eigenvalue weighted by Gasteiger charge is 2.32. The third-order valence-corrected chi connectivity index (χ3v) is 4.13. The standard InChI is InChI=1S/C14H30N2/c1-4-13(7-8-15)6-5-9-16(3)11-14-10-12(14)2/h12-14H,4-11,15H2,1-3H3. The summed E-state index contributed by atoms with van der Waals surface area (Å²) in [6.45, 7) is 8.09. The van der Waals surface area contributed by atoms with E-state index in [4.69, 9.17) is 5.73 Å². The maximum absolute atomic E-state index is 5.62. The van der Waals surface area contributed by atoms with Crippen molar-refractivity contribution < 1.29 is 0 Å². The maximum Gasteiger partial charge on any atom is 0.000926 e. The molecule has 0 aliphatic heterocycles. The minimum Gasteiger partial charge on any atom is -0.330 e. The quantitative estimate of drug-likeness (QED) is 0.655. The summed E-state index contributed by atoms with van der Waals surface area (Å²) in [6.07, 6.45) is 6.66. The van der Waals surface area contributed by atoms with Gasteiger partial charge in [-0.25, -0.2) is 0 Å². The van der Waals surface area contributed by atoms with Crippen LogP contribution in [0.5, 0.6) is 0 Å². The van der Waals surface area contributed by atoms with Crippen LogP contribution in [0, 0.1) is 17.8 Å². The molecule has 0 aromatic rings. The van der Waals surface area contributed by atoms with Crippen LogP contribution in [0.25, 0.3) is 0 Å². The predicted octanol–water partition coefficient (Wildman–Crippen LogP) is 2.73. The fraction of sp³-hybridized carbons (Fsp3) is 1.00. The highest BCUT2D eigenvalue weighted by molar-refractivity contribution is 4.84. The fourth-order valence-corrected chi connectivity index (χ4v) is 2.58. The van der Waals surface area contributed by atoms with Gasteiger partial charge in [-0.2, -0.15) is 0 Å². The molecule has 3 atom stereocenters. The molecule has 1 rings (SSSR count). The van der Waals surface area contributed by atoms with Crippen LogP contribution in [0.1, 0.15) is 46.0 Å². The summed E-state index contributed by atoms with van der Waals surface area (Å²) in [6, 6.07) is 0. The van der Waals surface area contributed by atoms with Crippen LogP contribution in [-0.4, -0.2) is 31.6 Å². The Morgan fingerprint density at radius 1 is 1.38 bits per heavy atom. The first-order valence-electron chi connectivity index (χ1n) is 7.06. The molecule has 1 aliphatic rings. The molecule has 1 saturated carbocycles. The van der Waals surface area contributed by atoms with E-state index in [0.29, 0.717) is 0 Å². The van der Waals surface area contributed by atoms with E-state index in [9.17, 15) is 0 Å². The average Bonchev–Trinajstić information content (AvgIpc) is 2.93. The number of nitrogens with two attached hydrogens (primary N) is 1. The molecule has 2 nitrogen and oxygen atoms in total. The smallest absolute Gasteiger partial charge is 0.000926 e. The van der Waals surface area contributed by atoms with Crippen molar-refractivity contribution in [1.29, 1.82) is 0 Å². The first-order chi connectivity index (χ1) is 7.67. The Balaban J connectivity index is 2.00. The second kappa shape index (κ2) is 7.29. The molecule has 16 heavy (non-hydrogen) atoms. The van der Waals surface area contributed by atoms with Gasteiger partial charge in [0.1, 0.15) is 0 Å². The molecule has 0 radical (unpaired) electrons. The van der Waals surface area contributed by atoms with Crippen molar-refractivity contribution in [3.05, 3.63) is 0 Å². The Labute approximate surface area is 102 Å². The van der Waals surface area contributed by atoms with Gasteiger partial charge in [0, 0.05) is 6.54 Å². The second-order valence-corrected chi connectivity index (χ2v) is 5.73. The summed E-state index contributed by atoms with van der Waals surface area (Å²) in [5, 5.41) is 0. The summed E-state index contributed by atoms with van der Waals surface area (Å²) >= 11 is 0. The van der Waals surface area contributed by atoms with Crippen LogP contribution in [0.15, 0.2) is 0 Å². The van der Waals surface area contributed by atoms with Gasteiger partial charge in [0.2, 0.25) is 0 Å². The monoisotopic (exact) mass is 226 g/mol. The van der Waals surface area contributed by atoms with Crippen LogP contribution in [0.3, 0.4) is 0 Å². The van der Waals surface area contributed by atoms with Crippen molar-refractivity contribution in [2.75, 3.05) is 26.7 Å². The van der Waals surface area contributed by atoms with Crippen molar-refractivity contribution >= 4 is 0 Å². The summed E-state index contributed by atoms with van der Waals surface area (Å²) < 4.78 is 0. The Morgan fingerprint density at radius 2 is 2.06 bits per heavy atom. The SMILES string of the molecule is CCC(CCN)CCCN(C)CC1CC1C. The van der Waals surface area contributed by atoms with Gasteiger partial charge in [-0.15, -0.1) is 0 Å². The van der Waals surface area contributed by atoms with Gasteiger partial charge >= 0.3 is 0 Å². The molecule has 1 aliphatic carbocycles. The van der Waals surface area contributed by atoms with E-state index < -0.39 is 0 Å². The van der Waals surface area contributed by atoms with Crippen LogP contribution in [0.2, 0.25) is 0 Å². The third kappa shape index (κ3) is 5.31. The molecular weight excluding hydrogens is 196 g/mol. The topological polar surface area (TPSA) is 29.3 Å². The maximum atomic E-state index is 5.62. The van der Waals surface area contributed by atoms with Crippen molar-refractivity contribution in [3.63, 3.8) is 0 Å². The van der Waals surface area contributed by atoms with Gasteiger partial charge in [-0.1, -0.05) is 20.3 Å². The van der Waals surface area contributed by atoms with Crippen molar-refractivity contribution in [1.82, 2.24) is 4.90 Å². The lowest BCUT2D eigenvalue weighted by Gasteiger charge is -2.19. The average molecular weight is 226 g/mol. The van der Waals surface area contributed by atoms with E-state index in [1.165, 1.54) is 45.2 Å². The fourth-order valence-electron chi connectivity index (χ4n) is 2.58. The third-order valence-electron chi connectivity index (χ3n) is 4.13. The van der Waals surface area contributed by atoms with E-state index in [0.717, 1.165) is 24.3 Å². The molecule has 2 heteroatoms.